The molecule has 6 nitrogen and oxygen atoms in total. The Bertz CT molecular complexity index is 760. The molecule has 0 fully saturated rings. The molecule has 0 aliphatic carbocycles. The molecule has 0 amide bonds. The number of nitrogens with one attached hydrogen (secondary N) is 2. The largest absolute Gasteiger partial charge is 0.465 e. The van der Waals surface area contributed by atoms with E-state index >= 15 is 0 Å². The third-order valence-corrected chi connectivity index (χ3v) is 4.81. The molecule has 0 saturated heterocycles. The zero-order chi connectivity index (χ0) is 19.6. The number of guanidine groups is 1. The highest BCUT2D eigenvalue weighted by Crippen LogP contribution is 2.18. The summed E-state index contributed by atoms with van der Waals surface area (Å²) in [7, 11) is 1.39. The predicted molar refractivity (Wildman–Crippen MR) is 126 cm³/mol. The van der Waals surface area contributed by atoms with Gasteiger partial charge < -0.3 is 15.4 Å². The van der Waals surface area contributed by atoms with Crippen molar-refractivity contribution < 1.29 is 9.53 Å². The molecule has 0 radical (unpaired) electrons. The van der Waals surface area contributed by atoms with Crippen molar-refractivity contribution in [2.75, 3.05) is 20.2 Å². The fraction of sp³-hybridized carbons (Fsp3) is 0.450. The fourth-order valence-electron chi connectivity index (χ4n) is 2.40. The summed E-state index contributed by atoms with van der Waals surface area (Å²) in [5.41, 5.74) is 2.83. The highest BCUT2D eigenvalue weighted by atomic mass is 127. The first-order valence-corrected chi connectivity index (χ1v) is 10.0. The number of aliphatic imine (C=N–C) groups is 1. The number of benzene rings is 1. The molecule has 0 aliphatic rings. The normalized spacial score (nSPS) is 11.1. The molecule has 2 aromatic rings. The molecule has 0 atom stereocenters. The van der Waals surface area contributed by atoms with Crippen LogP contribution in [-0.2, 0) is 17.7 Å². The lowest BCUT2D eigenvalue weighted by Crippen LogP contribution is -2.38. The number of halogens is 1. The lowest BCUT2D eigenvalue weighted by Gasteiger charge is -2.11. The van der Waals surface area contributed by atoms with Gasteiger partial charge >= 0.3 is 5.97 Å². The summed E-state index contributed by atoms with van der Waals surface area (Å²) in [5, 5.41) is 9.72. The minimum atomic E-state index is -0.316. The number of thiazole rings is 1. The van der Waals surface area contributed by atoms with Crippen LogP contribution in [0.4, 0.5) is 0 Å². The molecule has 154 valence electrons. The molecule has 0 spiro atoms. The monoisotopic (exact) mass is 516 g/mol. The summed E-state index contributed by atoms with van der Waals surface area (Å²) in [5.74, 6) is 0.907. The van der Waals surface area contributed by atoms with E-state index in [0.717, 1.165) is 41.7 Å². The maximum Gasteiger partial charge on any atom is 0.337 e. The summed E-state index contributed by atoms with van der Waals surface area (Å²) in [6, 6.07) is 7.46. The molecular weight excluding hydrogens is 487 g/mol. The van der Waals surface area contributed by atoms with E-state index in [1.807, 2.05) is 19.1 Å². The molecule has 1 heterocycles. The minimum absolute atomic E-state index is 0. The number of carbonyl (C=O) groups is 1. The van der Waals surface area contributed by atoms with Crippen molar-refractivity contribution in [1.29, 1.82) is 0 Å². The summed E-state index contributed by atoms with van der Waals surface area (Å²) < 4.78 is 4.71. The van der Waals surface area contributed by atoms with Crippen LogP contribution >= 0.6 is 35.3 Å². The number of hydrogen-bond donors (Lipinski definition) is 2. The van der Waals surface area contributed by atoms with Gasteiger partial charge in [-0.3, -0.25) is 0 Å². The SMILES string of the molecule is CCNC(=NCc1nc(C(C)C)cs1)NCCc1ccc(C(=O)OC)cc1.I. The Balaban J connectivity index is 0.00000392. The maximum absolute atomic E-state index is 11.5. The van der Waals surface area contributed by atoms with Gasteiger partial charge in [-0.05, 0) is 37.0 Å². The second kappa shape index (κ2) is 12.7. The number of nitrogens with zero attached hydrogens (tertiary/aromatic N) is 2. The number of carbonyl (C=O) groups excluding carboxylic acids is 1. The van der Waals surface area contributed by atoms with Crippen LogP contribution in [0.3, 0.4) is 0 Å². The summed E-state index contributed by atoms with van der Waals surface area (Å²) >= 11 is 1.65. The van der Waals surface area contributed by atoms with Crippen LogP contribution in [0.25, 0.3) is 0 Å². The van der Waals surface area contributed by atoms with E-state index in [0.29, 0.717) is 18.0 Å². The van der Waals surface area contributed by atoms with Crippen LogP contribution in [0.1, 0.15) is 53.3 Å². The Kier molecular flexibility index (Phi) is 11.1. The fourth-order valence-corrected chi connectivity index (χ4v) is 3.28. The lowest BCUT2D eigenvalue weighted by molar-refractivity contribution is 0.0600. The molecule has 8 heteroatoms. The van der Waals surface area contributed by atoms with E-state index in [2.05, 4.69) is 39.8 Å². The molecule has 0 bridgehead atoms. The van der Waals surface area contributed by atoms with Gasteiger partial charge in [-0.25, -0.2) is 14.8 Å². The molecule has 2 N–H and O–H groups in total. The van der Waals surface area contributed by atoms with Crippen LogP contribution in [0.5, 0.6) is 0 Å². The summed E-state index contributed by atoms with van der Waals surface area (Å²) in [6.45, 7) is 8.45. The highest BCUT2D eigenvalue weighted by Gasteiger charge is 2.06. The molecular formula is C20H29IN4O2S. The standard InChI is InChI=1S/C20H28N4O2S.HI/c1-5-21-20(23-12-18-24-17(13-27-18)14(2)3)22-11-10-15-6-8-16(9-7-15)19(25)26-4;/h6-9,13-14H,5,10-12H2,1-4H3,(H2,21,22,23);1H. The number of hydrogen-bond acceptors (Lipinski definition) is 5. The molecule has 0 unspecified atom stereocenters. The van der Waals surface area contributed by atoms with Crippen molar-refractivity contribution in [3.8, 4) is 0 Å². The van der Waals surface area contributed by atoms with Gasteiger partial charge in [0.2, 0.25) is 0 Å². The van der Waals surface area contributed by atoms with Crippen LogP contribution < -0.4 is 10.6 Å². The molecule has 0 aliphatic heterocycles. The summed E-state index contributed by atoms with van der Waals surface area (Å²) in [4.78, 5) is 20.7. The van der Waals surface area contributed by atoms with Gasteiger partial charge in [-0.2, -0.15) is 0 Å². The molecule has 2 rings (SSSR count). The van der Waals surface area contributed by atoms with Crippen molar-refractivity contribution in [1.82, 2.24) is 15.6 Å². The van der Waals surface area contributed by atoms with Crippen molar-refractivity contribution in [3.05, 3.63) is 51.5 Å². The van der Waals surface area contributed by atoms with Gasteiger partial charge in [0.15, 0.2) is 5.96 Å². The topological polar surface area (TPSA) is 75.6 Å². The second-order valence-electron chi connectivity index (χ2n) is 6.38. The van der Waals surface area contributed by atoms with E-state index in [1.165, 1.54) is 7.11 Å². The third-order valence-electron chi connectivity index (χ3n) is 3.96. The first-order chi connectivity index (χ1) is 13.0. The van der Waals surface area contributed by atoms with Crippen molar-refractivity contribution >= 4 is 47.2 Å². The van der Waals surface area contributed by atoms with E-state index in [4.69, 9.17) is 4.74 Å². The maximum atomic E-state index is 11.5. The third kappa shape index (κ3) is 7.75. The molecule has 1 aromatic heterocycles. The lowest BCUT2D eigenvalue weighted by atomic mass is 10.1. The van der Waals surface area contributed by atoms with Crippen molar-refractivity contribution in [2.45, 2.75) is 39.7 Å². The number of ether oxygens (including phenoxy) is 1. The molecule has 1 aromatic carbocycles. The highest BCUT2D eigenvalue weighted by molar-refractivity contribution is 14.0. The Morgan fingerprint density at radius 3 is 2.54 bits per heavy atom. The predicted octanol–water partition coefficient (Wildman–Crippen LogP) is 3.97. The smallest absolute Gasteiger partial charge is 0.337 e. The van der Waals surface area contributed by atoms with E-state index in [1.54, 1.807) is 23.5 Å². The van der Waals surface area contributed by atoms with E-state index in [-0.39, 0.29) is 29.9 Å². The summed E-state index contributed by atoms with van der Waals surface area (Å²) in [6.07, 6.45) is 0.834. The Hall–Kier alpha value is -1.68. The minimum Gasteiger partial charge on any atom is -0.465 e. The number of esters is 1. The zero-order valence-electron chi connectivity index (χ0n) is 16.8. The van der Waals surface area contributed by atoms with E-state index < -0.39 is 0 Å². The van der Waals surface area contributed by atoms with Crippen LogP contribution in [0, 0.1) is 0 Å². The van der Waals surface area contributed by atoms with Gasteiger partial charge in [-0.1, -0.05) is 26.0 Å². The van der Waals surface area contributed by atoms with Crippen LogP contribution in [-0.4, -0.2) is 37.1 Å². The van der Waals surface area contributed by atoms with E-state index in [9.17, 15) is 4.79 Å². The average molecular weight is 516 g/mol. The molecule has 0 saturated carbocycles. The Morgan fingerprint density at radius 1 is 1.25 bits per heavy atom. The average Bonchev–Trinajstić information content (AvgIpc) is 3.15. The number of aromatic nitrogens is 1. The quantitative estimate of drug-likeness (QED) is 0.241. The van der Waals surface area contributed by atoms with Gasteiger partial charge in [0, 0.05) is 18.5 Å². The van der Waals surface area contributed by atoms with Crippen LogP contribution in [0.15, 0.2) is 34.6 Å². The first kappa shape index (κ1) is 24.4. The Labute approximate surface area is 188 Å². The Morgan fingerprint density at radius 2 is 1.96 bits per heavy atom. The second-order valence-corrected chi connectivity index (χ2v) is 7.32. The van der Waals surface area contributed by atoms with Gasteiger partial charge in [0.05, 0.1) is 24.9 Å². The number of rotatable bonds is 8. The van der Waals surface area contributed by atoms with Gasteiger partial charge in [0.25, 0.3) is 0 Å². The van der Waals surface area contributed by atoms with Gasteiger partial charge in [0.1, 0.15) is 5.01 Å². The molecule has 28 heavy (non-hydrogen) atoms. The van der Waals surface area contributed by atoms with Gasteiger partial charge in [-0.15, -0.1) is 35.3 Å². The van der Waals surface area contributed by atoms with Crippen molar-refractivity contribution in [3.63, 3.8) is 0 Å². The first-order valence-electron chi connectivity index (χ1n) is 9.17. The zero-order valence-corrected chi connectivity index (χ0v) is 20.0. The van der Waals surface area contributed by atoms with Crippen LogP contribution in [0.2, 0.25) is 0 Å². The number of methoxy groups -OCH3 is 1. The van der Waals surface area contributed by atoms with Crippen molar-refractivity contribution in [2.24, 2.45) is 4.99 Å².